The molecule has 1 rings (SSSR count). The van der Waals surface area contributed by atoms with E-state index in [9.17, 15) is 32.9 Å². The Morgan fingerprint density at radius 1 is 1.35 bits per heavy atom. The van der Waals surface area contributed by atoms with E-state index in [2.05, 4.69) is 0 Å². The van der Waals surface area contributed by atoms with E-state index in [0.29, 0.717) is 6.07 Å². The summed E-state index contributed by atoms with van der Waals surface area (Å²) in [5.74, 6) is -3.08. The van der Waals surface area contributed by atoms with Crippen LogP contribution in [0.5, 0.6) is 0 Å². The minimum absolute atomic E-state index is 0.447. The molecule has 0 saturated carbocycles. The highest BCUT2D eigenvalue weighted by Crippen LogP contribution is 2.24. The number of nitro groups is 1. The number of nitro benzene ring substituents is 1. The molecule has 0 aliphatic heterocycles. The third-order valence-electron chi connectivity index (χ3n) is 2.08. The fourth-order valence-corrected chi connectivity index (χ4v) is 1.31. The average Bonchev–Trinajstić information content (AvgIpc) is 2.25. The number of carbonyl (C=O) groups is 2. The summed E-state index contributed by atoms with van der Waals surface area (Å²) in [4.78, 5) is 31.5. The molecular weight excluding hydrogens is 285 g/mol. The number of nitrogens with one attached hydrogen (secondary N) is 1. The van der Waals surface area contributed by atoms with Crippen LogP contribution in [0.15, 0.2) is 18.2 Å². The second-order valence-electron chi connectivity index (χ2n) is 3.63. The van der Waals surface area contributed by atoms with E-state index >= 15 is 0 Å². The molecule has 20 heavy (non-hydrogen) atoms. The molecule has 0 bridgehead atoms. The second-order valence-corrected chi connectivity index (χ2v) is 3.63. The summed E-state index contributed by atoms with van der Waals surface area (Å²) in [6.07, 6.45) is -6.53. The van der Waals surface area contributed by atoms with E-state index in [1.807, 2.05) is 0 Å². The number of carboxylic acid groups (broad SMARTS) is 1. The number of aromatic carboxylic acids is 1. The van der Waals surface area contributed by atoms with Crippen molar-refractivity contribution in [3.63, 3.8) is 0 Å². The molecule has 0 spiro atoms. The molecule has 10 heteroatoms. The summed E-state index contributed by atoms with van der Waals surface area (Å²) in [6.45, 7) is 0. The lowest BCUT2D eigenvalue weighted by atomic mass is 10.1. The Hall–Kier alpha value is -2.65. The van der Waals surface area contributed by atoms with Gasteiger partial charge in [-0.15, -0.1) is 0 Å². The first-order valence-corrected chi connectivity index (χ1v) is 4.98. The Balaban J connectivity index is 3.03. The van der Waals surface area contributed by atoms with Crippen LogP contribution >= 0.6 is 0 Å². The molecule has 0 atom stereocenters. The Bertz CT molecular complexity index is 571. The van der Waals surface area contributed by atoms with Crippen molar-refractivity contribution in [2.75, 3.05) is 5.32 Å². The van der Waals surface area contributed by atoms with Gasteiger partial charge in [-0.2, -0.15) is 13.2 Å². The standard InChI is InChI=1S/C10H7F3N2O5/c11-10(12,13)4-8(16)14-7-2-1-5(15(19)20)3-6(7)9(17)18/h1-3H,4H2,(H,14,16)(H,17,18). The number of anilines is 1. The zero-order valence-electron chi connectivity index (χ0n) is 9.60. The highest BCUT2D eigenvalue weighted by Gasteiger charge is 2.31. The predicted molar refractivity (Wildman–Crippen MR) is 59.4 cm³/mol. The minimum atomic E-state index is -4.74. The summed E-state index contributed by atoms with van der Waals surface area (Å²) in [5, 5.41) is 21.0. The summed E-state index contributed by atoms with van der Waals surface area (Å²) in [6, 6.07) is 2.37. The first-order chi connectivity index (χ1) is 9.10. The van der Waals surface area contributed by atoms with Gasteiger partial charge in [0.15, 0.2) is 0 Å². The van der Waals surface area contributed by atoms with Gasteiger partial charge >= 0.3 is 12.1 Å². The molecule has 0 saturated heterocycles. The van der Waals surface area contributed by atoms with Crippen LogP contribution in [-0.2, 0) is 4.79 Å². The van der Waals surface area contributed by atoms with Gasteiger partial charge < -0.3 is 10.4 Å². The van der Waals surface area contributed by atoms with E-state index in [1.165, 1.54) is 0 Å². The monoisotopic (exact) mass is 292 g/mol. The zero-order valence-corrected chi connectivity index (χ0v) is 9.60. The van der Waals surface area contributed by atoms with E-state index in [4.69, 9.17) is 5.11 Å². The smallest absolute Gasteiger partial charge is 0.397 e. The highest BCUT2D eigenvalue weighted by atomic mass is 19.4. The fraction of sp³-hybridized carbons (Fsp3) is 0.200. The molecule has 2 N–H and O–H groups in total. The van der Waals surface area contributed by atoms with Crippen LogP contribution in [0.25, 0.3) is 0 Å². The van der Waals surface area contributed by atoms with Crippen molar-refractivity contribution in [2.45, 2.75) is 12.6 Å². The molecule has 0 unspecified atom stereocenters. The Morgan fingerprint density at radius 2 is 1.95 bits per heavy atom. The van der Waals surface area contributed by atoms with Gasteiger partial charge in [-0.25, -0.2) is 4.79 Å². The number of benzene rings is 1. The molecule has 0 aromatic heterocycles. The largest absolute Gasteiger partial charge is 0.478 e. The summed E-state index contributed by atoms with van der Waals surface area (Å²) < 4.78 is 35.9. The maximum atomic E-state index is 12.0. The summed E-state index contributed by atoms with van der Waals surface area (Å²) >= 11 is 0. The third-order valence-corrected chi connectivity index (χ3v) is 2.08. The van der Waals surface area contributed by atoms with Gasteiger partial charge in [0.25, 0.3) is 5.69 Å². The van der Waals surface area contributed by atoms with Gasteiger partial charge in [-0.3, -0.25) is 14.9 Å². The van der Waals surface area contributed by atoms with E-state index in [1.54, 1.807) is 5.32 Å². The second kappa shape index (κ2) is 5.55. The number of halogens is 3. The Labute approximate surface area is 109 Å². The maximum Gasteiger partial charge on any atom is 0.397 e. The molecule has 0 aliphatic rings. The SMILES string of the molecule is O=C(CC(F)(F)F)Nc1ccc([N+](=O)[O-])cc1C(=O)O. The number of hydrogen-bond donors (Lipinski definition) is 2. The first-order valence-electron chi connectivity index (χ1n) is 4.98. The zero-order chi connectivity index (χ0) is 15.5. The third kappa shape index (κ3) is 4.23. The molecule has 7 nitrogen and oxygen atoms in total. The van der Waals surface area contributed by atoms with Crippen molar-refractivity contribution in [2.24, 2.45) is 0 Å². The van der Waals surface area contributed by atoms with Crippen molar-refractivity contribution < 1.29 is 32.8 Å². The van der Waals surface area contributed by atoms with Crippen LogP contribution < -0.4 is 5.32 Å². The highest BCUT2D eigenvalue weighted by molar-refractivity contribution is 6.01. The van der Waals surface area contributed by atoms with Gasteiger partial charge in [0.2, 0.25) is 5.91 Å². The van der Waals surface area contributed by atoms with Gasteiger partial charge in [0.1, 0.15) is 6.42 Å². The molecule has 108 valence electrons. The lowest BCUT2D eigenvalue weighted by Gasteiger charge is -2.09. The van der Waals surface area contributed by atoms with Crippen molar-refractivity contribution in [1.82, 2.24) is 0 Å². The van der Waals surface area contributed by atoms with Crippen molar-refractivity contribution in [3.05, 3.63) is 33.9 Å². The molecule has 0 radical (unpaired) electrons. The number of non-ortho nitro benzene ring substituents is 1. The predicted octanol–water partition coefficient (Wildman–Crippen LogP) is 2.18. The normalized spacial score (nSPS) is 10.9. The van der Waals surface area contributed by atoms with Crippen molar-refractivity contribution >= 4 is 23.3 Å². The van der Waals surface area contributed by atoms with Crippen LogP contribution in [0.4, 0.5) is 24.5 Å². The number of hydrogen-bond acceptors (Lipinski definition) is 4. The van der Waals surface area contributed by atoms with Crippen molar-refractivity contribution in [1.29, 1.82) is 0 Å². The van der Waals surface area contributed by atoms with E-state index < -0.39 is 46.3 Å². The van der Waals surface area contributed by atoms with Crippen molar-refractivity contribution in [3.8, 4) is 0 Å². The number of carboxylic acids is 1. The summed E-state index contributed by atoms with van der Waals surface area (Å²) in [5.41, 5.74) is -1.68. The van der Waals surface area contributed by atoms with Crippen LogP contribution in [0.1, 0.15) is 16.8 Å². The van der Waals surface area contributed by atoms with Crippen LogP contribution in [0.2, 0.25) is 0 Å². The van der Waals surface area contributed by atoms with Gasteiger partial charge in [-0.05, 0) is 6.07 Å². The lowest BCUT2D eigenvalue weighted by molar-refractivity contribution is -0.384. The van der Waals surface area contributed by atoms with Crippen LogP contribution in [0.3, 0.4) is 0 Å². The Kier molecular flexibility index (Phi) is 4.27. The molecule has 0 aliphatic carbocycles. The Morgan fingerprint density at radius 3 is 2.40 bits per heavy atom. The molecule has 0 heterocycles. The quantitative estimate of drug-likeness (QED) is 0.653. The number of amides is 1. The van der Waals surface area contributed by atoms with Crippen LogP contribution in [-0.4, -0.2) is 28.1 Å². The average molecular weight is 292 g/mol. The maximum absolute atomic E-state index is 12.0. The first kappa shape index (κ1) is 15.4. The van der Waals surface area contributed by atoms with Gasteiger partial charge in [-0.1, -0.05) is 0 Å². The number of rotatable bonds is 4. The summed E-state index contributed by atoms with van der Waals surface area (Å²) in [7, 11) is 0. The van der Waals surface area contributed by atoms with E-state index in [0.717, 1.165) is 12.1 Å². The van der Waals surface area contributed by atoms with Crippen LogP contribution in [0, 0.1) is 10.1 Å². The minimum Gasteiger partial charge on any atom is -0.478 e. The van der Waals surface area contributed by atoms with Gasteiger partial charge in [0, 0.05) is 12.1 Å². The topological polar surface area (TPSA) is 110 Å². The number of nitrogens with zero attached hydrogens (tertiary/aromatic N) is 1. The number of alkyl halides is 3. The molecule has 1 aromatic rings. The lowest BCUT2D eigenvalue weighted by Crippen LogP contribution is -2.22. The van der Waals surface area contributed by atoms with E-state index in [-0.39, 0.29) is 0 Å². The fourth-order valence-electron chi connectivity index (χ4n) is 1.31. The molecule has 0 fully saturated rings. The van der Waals surface area contributed by atoms with Gasteiger partial charge in [0.05, 0.1) is 16.2 Å². The molecular formula is C10H7F3N2O5. The number of carbonyl (C=O) groups excluding carboxylic acids is 1. The molecule has 1 aromatic carbocycles. The molecule has 1 amide bonds.